The minimum absolute atomic E-state index is 0.0553. The molecule has 0 radical (unpaired) electrons. The Kier molecular flexibility index (Phi) is 4.73. The topological polar surface area (TPSA) is 49.9 Å². The molecule has 3 heterocycles. The van der Waals surface area contributed by atoms with E-state index in [9.17, 15) is 9.59 Å². The zero-order valence-corrected chi connectivity index (χ0v) is 14.7. The number of likely N-dealkylation sites (N-methyl/N-ethyl adjacent to an activating group) is 1. The lowest BCUT2D eigenvalue weighted by atomic mass is 9.87. The number of hydrogen-bond donors (Lipinski definition) is 0. The highest BCUT2D eigenvalue weighted by Crippen LogP contribution is 2.32. The summed E-state index contributed by atoms with van der Waals surface area (Å²) in [6, 6.07) is 3.87. The Morgan fingerprint density at radius 3 is 2.70 bits per heavy atom. The van der Waals surface area contributed by atoms with Gasteiger partial charge in [0.15, 0.2) is 0 Å². The largest absolute Gasteiger partial charge is 0.381 e. The summed E-state index contributed by atoms with van der Waals surface area (Å²) in [4.78, 5) is 31.2. The molecule has 1 aromatic heterocycles. The lowest BCUT2D eigenvalue weighted by Gasteiger charge is -2.46. The van der Waals surface area contributed by atoms with Crippen molar-refractivity contribution in [1.29, 1.82) is 0 Å². The van der Waals surface area contributed by atoms with Crippen molar-refractivity contribution in [3.63, 3.8) is 0 Å². The van der Waals surface area contributed by atoms with Crippen LogP contribution in [0.5, 0.6) is 0 Å². The number of carbonyl (C=O) groups excluding carboxylic acids is 2. The first-order valence-electron chi connectivity index (χ1n) is 8.30. The fourth-order valence-electron chi connectivity index (χ4n) is 3.72. The van der Waals surface area contributed by atoms with E-state index in [1.807, 2.05) is 35.8 Å². The van der Waals surface area contributed by atoms with Crippen LogP contribution in [0.2, 0.25) is 0 Å². The van der Waals surface area contributed by atoms with Gasteiger partial charge < -0.3 is 14.5 Å². The third-order valence-electron chi connectivity index (χ3n) is 4.93. The van der Waals surface area contributed by atoms with Crippen LogP contribution in [-0.2, 0) is 9.53 Å². The summed E-state index contributed by atoms with van der Waals surface area (Å²) in [5.41, 5.74) is -0.261. The number of aryl methyl sites for hydroxylation is 1. The van der Waals surface area contributed by atoms with Crippen LogP contribution in [0, 0.1) is 6.92 Å². The van der Waals surface area contributed by atoms with Crippen molar-refractivity contribution in [2.75, 3.05) is 32.8 Å². The Morgan fingerprint density at radius 1 is 1.35 bits per heavy atom. The van der Waals surface area contributed by atoms with Gasteiger partial charge in [-0.05, 0) is 38.8 Å². The number of rotatable bonds is 2. The molecule has 0 aliphatic carbocycles. The summed E-state index contributed by atoms with van der Waals surface area (Å²) >= 11 is 1.52. The maximum Gasteiger partial charge on any atom is 0.264 e. The van der Waals surface area contributed by atoms with Gasteiger partial charge in [-0.25, -0.2) is 0 Å². The molecule has 0 saturated carbocycles. The van der Waals surface area contributed by atoms with Crippen LogP contribution >= 0.6 is 11.3 Å². The van der Waals surface area contributed by atoms with Crippen LogP contribution in [0.3, 0.4) is 0 Å². The van der Waals surface area contributed by atoms with E-state index in [2.05, 4.69) is 0 Å². The fraction of sp³-hybridized carbons (Fsp3) is 0.647. The van der Waals surface area contributed by atoms with Gasteiger partial charge in [0, 0.05) is 44.1 Å². The van der Waals surface area contributed by atoms with Crippen LogP contribution in [-0.4, -0.2) is 60.0 Å². The predicted octanol–water partition coefficient (Wildman–Crippen LogP) is 2.30. The van der Waals surface area contributed by atoms with Gasteiger partial charge in [-0.1, -0.05) is 0 Å². The minimum Gasteiger partial charge on any atom is -0.381 e. The van der Waals surface area contributed by atoms with E-state index in [1.165, 1.54) is 11.3 Å². The SMILES string of the molecule is CCN1C(=O)CCN(C(=O)c2ccc(C)s2)CC12CCOCC2. The molecule has 2 amide bonds. The summed E-state index contributed by atoms with van der Waals surface area (Å²) in [6.07, 6.45) is 2.02. The first kappa shape index (κ1) is 16.5. The van der Waals surface area contributed by atoms with E-state index in [-0.39, 0.29) is 17.4 Å². The predicted molar refractivity (Wildman–Crippen MR) is 89.7 cm³/mol. The zero-order valence-electron chi connectivity index (χ0n) is 13.8. The standard InChI is InChI=1S/C17H24N2O3S/c1-3-19-15(20)6-9-18(12-17(19)7-10-22-11-8-17)16(21)14-5-4-13(2)23-14/h4-5H,3,6-12H2,1-2H3. The van der Waals surface area contributed by atoms with Crippen LogP contribution in [0.1, 0.15) is 40.7 Å². The van der Waals surface area contributed by atoms with E-state index in [1.54, 1.807) is 0 Å². The third kappa shape index (κ3) is 3.15. The third-order valence-corrected chi connectivity index (χ3v) is 5.92. The van der Waals surface area contributed by atoms with E-state index in [0.29, 0.717) is 39.3 Å². The van der Waals surface area contributed by atoms with Crippen LogP contribution in [0.4, 0.5) is 0 Å². The highest BCUT2D eigenvalue weighted by atomic mass is 32.1. The molecule has 0 bridgehead atoms. The molecular formula is C17H24N2O3S. The Bertz CT molecular complexity index is 592. The van der Waals surface area contributed by atoms with E-state index in [0.717, 1.165) is 22.6 Å². The van der Waals surface area contributed by atoms with Crippen molar-refractivity contribution in [2.45, 2.75) is 38.6 Å². The molecule has 0 unspecified atom stereocenters. The van der Waals surface area contributed by atoms with Gasteiger partial charge >= 0.3 is 0 Å². The quantitative estimate of drug-likeness (QED) is 0.833. The van der Waals surface area contributed by atoms with Crippen molar-refractivity contribution in [2.24, 2.45) is 0 Å². The molecule has 1 spiro atoms. The van der Waals surface area contributed by atoms with Crippen molar-refractivity contribution in [3.05, 3.63) is 21.9 Å². The number of thiophene rings is 1. The lowest BCUT2D eigenvalue weighted by molar-refractivity contribution is -0.139. The molecule has 0 aromatic carbocycles. The average molecular weight is 336 g/mol. The molecule has 2 aliphatic rings. The molecule has 0 N–H and O–H groups in total. The summed E-state index contributed by atoms with van der Waals surface area (Å²) in [5.74, 6) is 0.215. The van der Waals surface area contributed by atoms with E-state index < -0.39 is 0 Å². The Hall–Kier alpha value is -1.40. The fourth-order valence-corrected chi connectivity index (χ4v) is 4.56. The highest BCUT2D eigenvalue weighted by Gasteiger charge is 2.44. The molecule has 2 fully saturated rings. The smallest absolute Gasteiger partial charge is 0.264 e. The number of carbonyl (C=O) groups is 2. The Balaban J connectivity index is 1.88. The van der Waals surface area contributed by atoms with Crippen molar-refractivity contribution < 1.29 is 14.3 Å². The molecule has 1 aromatic rings. The normalized spacial score (nSPS) is 21.6. The maximum absolute atomic E-state index is 12.9. The second-order valence-electron chi connectivity index (χ2n) is 6.36. The van der Waals surface area contributed by atoms with Crippen molar-refractivity contribution >= 4 is 23.2 Å². The number of ether oxygens (including phenoxy) is 1. The van der Waals surface area contributed by atoms with Gasteiger partial charge in [0.05, 0.1) is 10.4 Å². The molecule has 126 valence electrons. The summed E-state index contributed by atoms with van der Waals surface area (Å²) < 4.78 is 5.51. The molecule has 0 atom stereocenters. The van der Waals surface area contributed by atoms with Gasteiger partial charge in [0.1, 0.15) is 0 Å². The highest BCUT2D eigenvalue weighted by molar-refractivity contribution is 7.13. The molecule has 5 nitrogen and oxygen atoms in total. The van der Waals surface area contributed by atoms with E-state index >= 15 is 0 Å². The molecule has 23 heavy (non-hydrogen) atoms. The van der Waals surface area contributed by atoms with Gasteiger partial charge in [0.2, 0.25) is 5.91 Å². The van der Waals surface area contributed by atoms with Crippen molar-refractivity contribution in [3.8, 4) is 0 Å². The number of hydrogen-bond acceptors (Lipinski definition) is 4. The van der Waals surface area contributed by atoms with Crippen LogP contribution < -0.4 is 0 Å². The molecular weight excluding hydrogens is 312 g/mol. The summed E-state index contributed by atoms with van der Waals surface area (Å²) in [5, 5.41) is 0. The van der Waals surface area contributed by atoms with Gasteiger partial charge in [-0.3, -0.25) is 9.59 Å². The summed E-state index contributed by atoms with van der Waals surface area (Å²) in [6.45, 7) is 7.16. The average Bonchev–Trinajstić information content (AvgIpc) is 2.93. The Labute approximate surface area is 141 Å². The second-order valence-corrected chi connectivity index (χ2v) is 7.65. The van der Waals surface area contributed by atoms with Gasteiger partial charge in [0.25, 0.3) is 5.91 Å². The van der Waals surface area contributed by atoms with Gasteiger partial charge in [-0.2, -0.15) is 0 Å². The molecule has 6 heteroatoms. The number of nitrogens with zero attached hydrogens (tertiary/aromatic N) is 2. The first-order chi connectivity index (χ1) is 11.1. The van der Waals surface area contributed by atoms with Crippen LogP contribution in [0.25, 0.3) is 0 Å². The number of amides is 2. The van der Waals surface area contributed by atoms with Crippen molar-refractivity contribution in [1.82, 2.24) is 9.80 Å². The zero-order chi connectivity index (χ0) is 16.4. The molecule has 3 rings (SSSR count). The van der Waals surface area contributed by atoms with E-state index in [4.69, 9.17) is 4.74 Å². The molecule has 2 saturated heterocycles. The maximum atomic E-state index is 12.9. The monoisotopic (exact) mass is 336 g/mol. The second kappa shape index (κ2) is 6.61. The lowest BCUT2D eigenvalue weighted by Crippen LogP contribution is -2.58. The molecule has 2 aliphatic heterocycles. The Morgan fingerprint density at radius 2 is 2.09 bits per heavy atom. The summed E-state index contributed by atoms with van der Waals surface area (Å²) in [7, 11) is 0. The first-order valence-corrected chi connectivity index (χ1v) is 9.11. The van der Waals surface area contributed by atoms with Gasteiger partial charge in [-0.15, -0.1) is 11.3 Å². The van der Waals surface area contributed by atoms with Crippen LogP contribution in [0.15, 0.2) is 12.1 Å². The minimum atomic E-state index is -0.261.